The topological polar surface area (TPSA) is 82.2 Å². The van der Waals surface area contributed by atoms with Crippen molar-refractivity contribution in [3.05, 3.63) is 46.6 Å². The lowest BCUT2D eigenvalue weighted by atomic mass is 10.1. The van der Waals surface area contributed by atoms with E-state index in [1.54, 1.807) is 11.3 Å². The fourth-order valence-electron chi connectivity index (χ4n) is 4.01. The summed E-state index contributed by atoms with van der Waals surface area (Å²) in [7, 11) is 2.14. The largest absolute Gasteiger partial charge is 0.438 e. The van der Waals surface area contributed by atoms with Gasteiger partial charge in [-0.25, -0.2) is 4.98 Å². The zero-order valence-electron chi connectivity index (χ0n) is 19.5. The quantitative estimate of drug-likeness (QED) is 0.422. The monoisotopic (exact) mass is 463 g/mol. The van der Waals surface area contributed by atoms with Crippen LogP contribution in [0.15, 0.2) is 30.5 Å². The molecule has 0 aliphatic carbocycles. The number of likely N-dealkylation sites (N-methyl/N-ethyl adjacent to an activating group) is 1. The number of thiazole rings is 1. The molecule has 2 N–H and O–H groups in total. The average Bonchev–Trinajstić information content (AvgIpc) is 3.42. The minimum absolute atomic E-state index is 0.517. The van der Waals surface area contributed by atoms with Gasteiger partial charge in [-0.2, -0.15) is 9.97 Å². The van der Waals surface area contributed by atoms with Gasteiger partial charge in [0.2, 0.25) is 11.8 Å². The number of benzene rings is 1. The Bertz CT molecular complexity index is 1270. The number of ether oxygens (including phenoxy) is 1. The predicted octanol–water partition coefficient (Wildman–Crippen LogP) is 4.88. The third kappa shape index (κ3) is 4.65. The third-order valence-corrected chi connectivity index (χ3v) is 7.04. The van der Waals surface area contributed by atoms with Crippen molar-refractivity contribution in [1.82, 2.24) is 24.8 Å². The molecule has 0 amide bonds. The van der Waals surface area contributed by atoms with Gasteiger partial charge in [0.25, 0.3) is 0 Å². The number of nitrogens with zero attached hydrogens (tertiary/aromatic N) is 5. The van der Waals surface area contributed by atoms with E-state index in [4.69, 9.17) is 14.7 Å². The molecule has 5 rings (SSSR count). The molecule has 8 nitrogen and oxygen atoms in total. The van der Waals surface area contributed by atoms with Crippen LogP contribution in [0.5, 0.6) is 11.6 Å². The van der Waals surface area contributed by atoms with Crippen LogP contribution >= 0.6 is 11.3 Å². The first-order valence-electron chi connectivity index (χ1n) is 11.3. The van der Waals surface area contributed by atoms with Crippen LogP contribution in [0.4, 0.5) is 16.9 Å². The maximum atomic E-state index is 6.32. The summed E-state index contributed by atoms with van der Waals surface area (Å²) < 4.78 is 6.32. The fourth-order valence-corrected chi connectivity index (χ4v) is 4.77. The number of aryl methyl sites for hydroxylation is 3. The molecule has 0 unspecified atom stereocenters. The zero-order valence-corrected chi connectivity index (χ0v) is 20.3. The lowest BCUT2D eigenvalue weighted by Crippen LogP contribution is -2.45. The van der Waals surface area contributed by atoms with E-state index >= 15 is 0 Å². The Balaban J connectivity index is 1.48. The molecule has 0 spiro atoms. The Kier molecular flexibility index (Phi) is 5.90. The molecule has 0 atom stereocenters. The molecule has 1 fully saturated rings. The van der Waals surface area contributed by atoms with Gasteiger partial charge in [-0.15, -0.1) is 11.3 Å². The van der Waals surface area contributed by atoms with Crippen molar-refractivity contribution >= 4 is 39.1 Å². The number of aromatic nitrogens is 4. The molecule has 1 aliphatic rings. The molecule has 4 aromatic rings. The highest BCUT2D eigenvalue weighted by Gasteiger charge is 2.19. The Labute approximate surface area is 197 Å². The highest BCUT2D eigenvalue weighted by Crippen LogP contribution is 2.33. The van der Waals surface area contributed by atoms with Gasteiger partial charge in [-0.1, -0.05) is 6.92 Å². The summed E-state index contributed by atoms with van der Waals surface area (Å²) in [6.45, 7) is 9.99. The maximum absolute atomic E-state index is 6.32. The van der Waals surface area contributed by atoms with E-state index in [1.165, 1.54) is 4.88 Å². The number of anilines is 3. The first kappa shape index (κ1) is 21.7. The van der Waals surface area contributed by atoms with Crippen molar-refractivity contribution in [1.29, 1.82) is 0 Å². The number of aromatic amines is 1. The number of nitrogens with one attached hydrogen (secondary N) is 2. The van der Waals surface area contributed by atoms with Crippen molar-refractivity contribution in [2.24, 2.45) is 0 Å². The average molecular weight is 464 g/mol. The summed E-state index contributed by atoms with van der Waals surface area (Å²) >= 11 is 1.64. The van der Waals surface area contributed by atoms with Gasteiger partial charge >= 0.3 is 0 Å². The number of fused-ring (bicyclic) bond motifs is 1. The van der Waals surface area contributed by atoms with Gasteiger partial charge in [0.05, 0.1) is 0 Å². The summed E-state index contributed by atoms with van der Waals surface area (Å²) in [5.41, 5.74) is 3.32. The van der Waals surface area contributed by atoms with E-state index in [1.807, 2.05) is 24.4 Å². The van der Waals surface area contributed by atoms with Crippen LogP contribution in [0.25, 0.3) is 10.9 Å². The van der Waals surface area contributed by atoms with Gasteiger partial charge in [-0.05, 0) is 45.5 Å². The van der Waals surface area contributed by atoms with Crippen LogP contribution in [0.1, 0.15) is 23.1 Å². The number of rotatable bonds is 6. The van der Waals surface area contributed by atoms with Crippen molar-refractivity contribution in [2.75, 3.05) is 43.4 Å². The molecule has 1 aromatic carbocycles. The number of H-pyrrole nitrogens is 1. The van der Waals surface area contributed by atoms with Crippen molar-refractivity contribution in [3.8, 4) is 11.6 Å². The van der Waals surface area contributed by atoms with Gasteiger partial charge in [0.1, 0.15) is 11.6 Å². The van der Waals surface area contributed by atoms with Gasteiger partial charge < -0.3 is 24.8 Å². The molecule has 9 heteroatoms. The molecular weight excluding hydrogens is 434 g/mol. The minimum Gasteiger partial charge on any atom is -0.438 e. The van der Waals surface area contributed by atoms with Gasteiger partial charge in [-0.3, -0.25) is 0 Å². The number of piperazine rings is 1. The molecule has 4 heterocycles. The Morgan fingerprint density at radius 2 is 1.94 bits per heavy atom. The van der Waals surface area contributed by atoms with Crippen molar-refractivity contribution in [3.63, 3.8) is 0 Å². The summed E-state index contributed by atoms with van der Waals surface area (Å²) in [6, 6.07) is 8.04. The first-order valence-corrected chi connectivity index (χ1v) is 12.1. The van der Waals surface area contributed by atoms with E-state index in [-0.39, 0.29) is 0 Å². The number of hydrogen-bond donors (Lipinski definition) is 2. The van der Waals surface area contributed by atoms with E-state index in [2.05, 4.69) is 59.0 Å². The molecule has 0 bridgehead atoms. The van der Waals surface area contributed by atoms with Crippen LogP contribution in [0.2, 0.25) is 0 Å². The normalized spacial score (nSPS) is 14.7. The van der Waals surface area contributed by atoms with Crippen LogP contribution in [-0.2, 0) is 6.42 Å². The molecular formula is C24H29N7OS. The van der Waals surface area contributed by atoms with Crippen molar-refractivity contribution in [2.45, 2.75) is 27.2 Å². The third-order valence-electron chi connectivity index (χ3n) is 5.99. The van der Waals surface area contributed by atoms with Gasteiger partial charge in [0, 0.05) is 65.5 Å². The first-order chi connectivity index (χ1) is 16.0. The van der Waals surface area contributed by atoms with Gasteiger partial charge in [0.15, 0.2) is 5.13 Å². The second-order valence-corrected chi connectivity index (χ2v) is 9.61. The maximum Gasteiger partial charge on any atom is 0.230 e. The lowest BCUT2D eigenvalue weighted by molar-refractivity contribution is 0.310. The van der Waals surface area contributed by atoms with E-state index in [9.17, 15) is 0 Å². The Morgan fingerprint density at radius 1 is 1.12 bits per heavy atom. The Morgan fingerprint density at radius 3 is 2.70 bits per heavy atom. The molecule has 1 saturated heterocycles. The molecule has 172 valence electrons. The second-order valence-electron chi connectivity index (χ2n) is 8.50. The molecule has 3 aromatic heterocycles. The van der Waals surface area contributed by atoms with E-state index < -0.39 is 0 Å². The van der Waals surface area contributed by atoms with E-state index in [0.29, 0.717) is 17.6 Å². The standard InChI is InChI=1S/C24H29N7OS/c1-5-17-14-25-24(33-17)28-21-13-22(29-23(27-21)31-10-8-30(4)9-11-31)32-20-7-6-19-18(16(20)3)12-15(2)26-19/h6-7,12-14,26H,5,8-11H2,1-4H3,(H,25,27,28,29). The van der Waals surface area contributed by atoms with Crippen LogP contribution in [0.3, 0.4) is 0 Å². The smallest absolute Gasteiger partial charge is 0.230 e. The predicted molar refractivity (Wildman–Crippen MR) is 134 cm³/mol. The SMILES string of the molecule is CCc1cnc(Nc2cc(Oc3ccc4[nH]c(C)cc4c3C)nc(N3CCN(C)CC3)n2)s1. The lowest BCUT2D eigenvalue weighted by Gasteiger charge is -2.32. The number of hydrogen-bond acceptors (Lipinski definition) is 8. The van der Waals surface area contributed by atoms with Crippen LogP contribution in [-0.4, -0.2) is 58.1 Å². The van der Waals surface area contributed by atoms with Crippen LogP contribution in [0, 0.1) is 13.8 Å². The molecule has 33 heavy (non-hydrogen) atoms. The Hall–Kier alpha value is -3.17. The van der Waals surface area contributed by atoms with Crippen LogP contribution < -0.4 is 15.0 Å². The zero-order chi connectivity index (χ0) is 22.9. The summed E-state index contributed by atoms with van der Waals surface area (Å²) in [4.78, 5) is 23.2. The summed E-state index contributed by atoms with van der Waals surface area (Å²) in [5, 5.41) is 5.33. The van der Waals surface area contributed by atoms with Crippen molar-refractivity contribution < 1.29 is 4.74 Å². The van der Waals surface area contributed by atoms with E-state index in [0.717, 1.165) is 65.6 Å². The molecule has 0 radical (unpaired) electrons. The fraction of sp³-hybridized carbons (Fsp3) is 0.375. The highest BCUT2D eigenvalue weighted by atomic mass is 32.1. The summed E-state index contributed by atoms with van der Waals surface area (Å²) in [6.07, 6.45) is 2.87. The minimum atomic E-state index is 0.517. The highest BCUT2D eigenvalue weighted by molar-refractivity contribution is 7.15. The second kappa shape index (κ2) is 8.99. The molecule has 0 saturated carbocycles. The molecule has 1 aliphatic heterocycles. The summed E-state index contributed by atoms with van der Waals surface area (Å²) in [5.74, 6) is 2.66.